The lowest BCUT2D eigenvalue weighted by atomic mass is 9.87. The first-order valence-corrected chi connectivity index (χ1v) is 8.17. The van der Waals surface area contributed by atoms with E-state index in [1.165, 1.54) is 0 Å². The number of nitrogens with zero attached hydrogens (tertiary/aromatic N) is 2. The summed E-state index contributed by atoms with van der Waals surface area (Å²) in [5.41, 5.74) is 1.59. The highest BCUT2D eigenvalue weighted by atomic mass is 35.5. The van der Waals surface area contributed by atoms with E-state index in [1.807, 2.05) is 49.9 Å². The molecule has 0 radical (unpaired) electrons. The summed E-state index contributed by atoms with van der Waals surface area (Å²) < 4.78 is 0. The lowest BCUT2D eigenvalue weighted by molar-refractivity contribution is -0.133. The Bertz CT molecular complexity index is 613. The van der Waals surface area contributed by atoms with Crippen molar-refractivity contribution in [1.82, 2.24) is 10.2 Å². The first-order chi connectivity index (χ1) is 10.5. The number of nitrogens with one attached hydrogen (secondary N) is 1. The highest BCUT2D eigenvalue weighted by molar-refractivity contribution is 7.80. The maximum Gasteiger partial charge on any atom is 0.233 e. The van der Waals surface area contributed by atoms with Crippen LogP contribution in [0.15, 0.2) is 29.3 Å². The van der Waals surface area contributed by atoms with Crippen LogP contribution >= 0.6 is 23.8 Å². The van der Waals surface area contributed by atoms with Crippen molar-refractivity contribution in [2.45, 2.75) is 26.8 Å². The van der Waals surface area contributed by atoms with E-state index in [0.717, 1.165) is 11.3 Å². The third-order valence-corrected chi connectivity index (χ3v) is 4.48. The summed E-state index contributed by atoms with van der Waals surface area (Å²) in [6.07, 6.45) is 0. The molecule has 1 aliphatic heterocycles. The van der Waals surface area contributed by atoms with E-state index in [4.69, 9.17) is 23.8 Å². The van der Waals surface area contributed by atoms with Crippen LogP contribution in [0.1, 0.15) is 32.4 Å². The molecular formula is C16H20ClN3OS. The maximum atomic E-state index is 12.9. The molecule has 0 aliphatic carbocycles. The second kappa shape index (κ2) is 7.20. The molecule has 1 aliphatic rings. The van der Waals surface area contributed by atoms with Gasteiger partial charge in [0.15, 0.2) is 5.11 Å². The van der Waals surface area contributed by atoms with Gasteiger partial charge in [-0.1, -0.05) is 29.8 Å². The fraction of sp³-hybridized carbons (Fsp3) is 0.438. The second-order valence-electron chi connectivity index (χ2n) is 5.19. The predicted molar refractivity (Wildman–Crippen MR) is 94.5 cm³/mol. The zero-order valence-corrected chi connectivity index (χ0v) is 14.5. The van der Waals surface area contributed by atoms with Crippen molar-refractivity contribution in [3.05, 3.63) is 34.9 Å². The Kier molecular flexibility index (Phi) is 5.53. The monoisotopic (exact) mass is 337 g/mol. The fourth-order valence-electron chi connectivity index (χ4n) is 2.76. The SMILES string of the molecule is CCN(CC)C(=O)C1C(C)=NC(=S)NC1c1ccccc1Cl. The molecular weight excluding hydrogens is 318 g/mol. The number of hydrogen-bond acceptors (Lipinski definition) is 2. The third-order valence-electron chi connectivity index (χ3n) is 3.92. The molecule has 1 amide bonds. The van der Waals surface area contributed by atoms with Crippen LogP contribution in [0.25, 0.3) is 0 Å². The molecule has 1 aromatic carbocycles. The molecule has 1 aromatic rings. The molecule has 0 saturated carbocycles. The number of halogens is 1. The Morgan fingerprint density at radius 1 is 1.36 bits per heavy atom. The lowest BCUT2D eigenvalue weighted by Crippen LogP contribution is -2.48. The zero-order valence-electron chi connectivity index (χ0n) is 13.0. The highest BCUT2D eigenvalue weighted by Gasteiger charge is 2.38. The minimum atomic E-state index is -0.397. The molecule has 2 atom stereocenters. The average molecular weight is 338 g/mol. The summed E-state index contributed by atoms with van der Waals surface area (Å²) in [4.78, 5) is 19.0. The van der Waals surface area contributed by atoms with Crippen LogP contribution in [0.4, 0.5) is 0 Å². The molecule has 22 heavy (non-hydrogen) atoms. The number of aliphatic imine (C=N–C) groups is 1. The molecule has 2 unspecified atom stereocenters. The minimum absolute atomic E-state index is 0.0474. The zero-order chi connectivity index (χ0) is 16.3. The van der Waals surface area contributed by atoms with Crippen molar-refractivity contribution in [1.29, 1.82) is 0 Å². The quantitative estimate of drug-likeness (QED) is 0.858. The number of rotatable bonds is 4. The molecule has 1 N–H and O–H groups in total. The van der Waals surface area contributed by atoms with Crippen molar-refractivity contribution in [2.75, 3.05) is 13.1 Å². The second-order valence-corrected chi connectivity index (χ2v) is 5.98. The first kappa shape index (κ1) is 16.9. The van der Waals surface area contributed by atoms with E-state index in [2.05, 4.69) is 10.3 Å². The summed E-state index contributed by atoms with van der Waals surface area (Å²) in [6, 6.07) is 7.23. The van der Waals surface area contributed by atoms with Crippen molar-refractivity contribution in [3.8, 4) is 0 Å². The standard InChI is InChI=1S/C16H20ClN3OS/c1-4-20(5-2)15(21)13-10(3)18-16(22)19-14(13)11-8-6-7-9-12(11)17/h6-9,13-14H,4-5H2,1-3H3,(H,19,22). The van der Waals surface area contributed by atoms with Crippen molar-refractivity contribution in [3.63, 3.8) is 0 Å². The van der Waals surface area contributed by atoms with Gasteiger partial charge in [0.05, 0.1) is 6.04 Å². The Morgan fingerprint density at radius 2 is 2.00 bits per heavy atom. The number of thiocarbonyl (C=S) groups is 1. The van der Waals surface area contributed by atoms with Crippen molar-refractivity contribution >= 4 is 40.6 Å². The number of carbonyl (C=O) groups excluding carboxylic acids is 1. The molecule has 0 bridgehead atoms. The van der Waals surface area contributed by atoms with Crippen molar-refractivity contribution < 1.29 is 4.79 Å². The average Bonchev–Trinajstić information content (AvgIpc) is 2.48. The van der Waals surface area contributed by atoms with E-state index in [0.29, 0.717) is 23.2 Å². The van der Waals surface area contributed by atoms with Crippen LogP contribution in [0.2, 0.25) is 5.02 Å². The van der Waals surface area contributed by atoms with E-state index in [-0.39, 0.29) is 11.9 Å². The molecule has 0 spiro atoms. The van der Waals surface area contributed by atoms with E-state index in [9.17, 15) is 4.79 Å². The van der Waals surface area contributed by atoms with Crippen LogP contribution < -0.4 is 5.32 Å². The first-order valence-electron chi connectivity index (χ1n) is 7.38. The minimum Gasteiger partial charge on any atom is -0.353 e. The molecule has 118 valence electrons. The van der Waals surface area contributed by atoms with E-state index in [1.54, 1.807) is 0 Å². The summed E-state index contributed by atoms with van der Waals surface area (Å²) >= 11 is 11.5. The van der Waals surface area contributed by atoms with Gasteiger partial charge >= 0.3 is 0 Å². The van der Waals surface area contributed by atoms with Gasteiger partial charge in [-0.15, -0.1) is 0 Å². The van der Waals surface area contributed by atoms with Crippen molar-refractivity contribution in [2.24, 2.45) is 10.9 Å². The normalized spacial score (nSPS) is 21.1. The van der Waals surface area contributed by atoms with Crippen LogP contribution in [-0.2, 0) is 4.79 Å². The van der Waals surface area contributed by atoms with Gasteiger partial charge in [-0.05, 0) is 44.6 Å². The number of benzene rings is 1. The summed E-state index contributed by atoms with van der Waals surface area (Å²) in [5.74, 6) is -0.349. The van der Waals surface area contributed by atoms with Gasteiger partial charge in [0.2, 0.25) is 5.91 Å². The van der Waals surface area contributed by atoms with Gasteiger partial charge in [0.25, 0.3) is 0 Å². The van der Waals surface area contributed by atoms with Crippen LogP contribution in [0.3, 0.4) is 0 Å². The van der Waals surface area contributed by atoms with Gasteiger partial charge in [-0.3, -0.25) is 4.79 Å². The Morgan fingerprint density at radius 3 is 2.59 bits per heavy atom. The predicted octanol–water partition coefficient (Wildman–Crippen LogP) is 3.21. The summed E-state index contributed by atoms with van der Waals surface area (Å²) in [5, 5.41) is 4.16. The molecule has 4 nitrogen and oxygen atoms in total. The van der Waals surface area contributed by atoms with Gasteiger partial charge in [-0.2, -0.15) is 0 Å². The smallest absolute Gasteiger partial charge is 0.233 e. The number of carbonyl (C=O) groups is 1. The van der Waals surface area contributed by atoms with Crippen LogP contribution in [0, 0.1) is 5.92 Å². The number of hydrogen-bond donors (Lipinski definition) is 1. The number of amides is 1. The topological polar surface area (TPSA) is 44.7 Å². The molecule has 0 aromatic heterocycles. The molecule has 0 fully saturated rings. The summed E-state index contributed by atoms with van der Waals surface area (Å²) in [7, 11) is 0. The largest absolute Gasteiger partial charge is 0.353 e. The Labute approximate surface area is 141 Å². The van der Waals surface area contributed by atoms with Crippen LogP contribution in [-0.4, -0.2) is 34.7 Å². The summed E-state index contributed by atoms with van der Waals surface area (Å²) in [6.45, 7) is 7.12. The molecule has 6 heteroatoms. The van der Waals surface area contributed by atoms with Crippen LogP contribution in [0.5, 0.6) is 0 Å². The molecule has 2 rings (SSSR count). The van der Waals surface area contributed by atoms with Gasteiger partial charge < -0.3 is 10.2 Å². The molecule has 0 saturated heterocycles. The van der Waals surface area contributed by atoms with Gasteiger partial charge in [-0.25, -0.2) is 4.99 Å². The lowest BCUT2D eigenvalue weighted by Gasteiger charge is -2.35. The highest BCUT2D eigenvalue weighted by Crippen LogP contribution is 2.32. The third kappa shape index (κ3) is 3.31. The Hall–Kier alpha value is -1.46. The van der Waals surface area contributed by atoms with E-state index >= 15 is 0 Å². The molecule has 1 heterocycles. The van der Waals surface area contributed by atoms with E-state index < -0.39 is 5.92 Å². The fourth-order valence-corrected chi connectivity index (χ4v) is 3.28. The maximum absolute atomic E-state index is 12.9. The van der Waals surface area contributed by atoms with Gasteiger partial charge in [0, 0.05) is 23.8 Å². The van der Waals surface area contributed by atoms with Gasteiger partial charge in [0.1, 0.15) is 5.92 Å². The Balaban J connectivity index is 2.46.